The van der Waals surface area contributed by atoms with Crippen LogP contribution in [0.15, 0.2) is 47.6 Å². The van der Waals surface area contributed by atoms with E-state index in [2.05, 4.69) is 10.5 Å². The van der Waals surface area contributed by atoms with Crippen molar-refractivity contribution >= 4 is 34.8 Å². The molecule has 2 aromatic carbocycles. The topological polar surface area (TPSA) is 50.7 Å². The fraction of sp³-hybridized carbons (Fsp3) is 0.125. The molecule has 22 heavy (non-hydrogen) atoms. The molecule has 2 aromatic rings. The van der Waals surface area contributed by atoms with Gasteiger partial charge in [-0.2, -0.15) is 5.10 Å². The SMILES string of the molecule is COc1cccc(/C(C)=N/NC(=O)c2ccc(Cl)cc2Cl)c1. The number of benzene rings is 2. The number of hydrogen-bond donors (Lipinski definition) is 1. The van der Waals surface area contributed by atoms with Crippen LogP contribution in [0.5, 0.6) is 5.75 Å². The first-order valence-electron chi connectivity index (χ1n) is 6.45. The number of nitrogens with one attached hydrogen (secondary N) is 1. The molecular weight excluding hydrogens is 323 g/mol. The molecule has 6 heteroatoms. The molecule has 0 atom stereocenters. The normalized spacial score (nSPS) is 11.2. The maximum atomic E-state index is 12.1. The molecule has 1 N–H and O–H groups in total. The molecule has 0 heterocycles. The molecule has 0 unspecified atom stereocenters. The van der Waals surface area contributed by atoms with Crippen LogP contribution in [0, 0.1) is 0 Å². The minimum absolute atomic E-state index is 0.277. The standard InChI is InChI=1S/C16H14Cl2N2O2/c1-10(11-4-3-5-13(8-11)22-2)19-20-16(21)14-7-6-12(17)9-15(14)18/h3-9H,1-2H3,(H,20,21)/b19-10+. The summed E-state index contributed by atoms with van der Waals surface area (Å²) in [5, 5.41) is 4.83. The Morgan fingerprint density at radius 3 is 2.64 bits per heavy atom. The van der Waals surface area contributed by atoms with Crippen molar-refractivity contribution in [2.75, 3.05) is 7.11 Å². The molecule has 0 aliphatic rings. The Hall–Kier alpha value is -2.04. The van der Waals surface area contributed by atoms with Crippen LogP contribution in [0.3, 0.4) is 0 Å². The highest BCUT2D eigenvalue weighted by atomic mass is 35.5. The van der Waals surface area contributed by atoms with Gasteiger partial charge in [0.2, 0.25) is 0 Å². The van der Waals surface area contributed by atoms with E-state index in [-0.39, 0.29) is 5.02 Å². The maximum Gasteiger partial charge on any atom is 0.272 e. The summed E-state index contributed by atoms with van der Waals surface area (Å²) >= 11 is 11.8. The van der Waals surface area contributed by atoms with Crippen molar-refractivity contribution in [2.45, 2.75) is 6.92 Å². The summed E-state index contributed by atoms with van der Waals surface area (Å²) in [5.74, 6) is 0.322. The second-order valence-electron chi connectivity index (χ2n) is 4.49. The van der Waals surface area contributed by atoms with E-state index < -0.39 is 5.91 Å². The van der Waals surface area contributed by atoms with Gasteiger partial charge in [0, 0.05) is 10.6 Å². The molecular formula is C16H14Cl2N2O2. The van der Waals surface area contributed by atoms with Crippen molar-refractivity contribution in [1.82, 2.24) is 5.43 Å². The number of amides is 1. The molecule has 0 spiro atoms. The van der Waals surface area contributed by atoms with Crippen LogP contribution in [-0.2, 0) is 0 Å². The first-order chi connectivity index (χ1) is 10.5. The van der Waals surface area contributed by atoms with E-state index in [0.29, 0.717) is 16.3 Å². The fourth-order valence-corrected chi connectivity index (χ4v) is 2.28. The summed E-state index contributed by atoms with van der Waals surface area (Å²) in [4.78, 5) is 12.1. The quantitative estimate of drug-likeness (QED) is 0.673. The smallest absolute Gasteiger partial charge is 0.272 e. The number of hydrogen-bond acceptors (Lipinski definition) is 3. The van der Waals surface area contributed by atoms with Gasteiger partial charge in [-0.15, -0.1) is 0 Å². The predicted octanol–water partition coefficient (Wildman–Crippen LogP) is 4.16. The van der Waals surface area contributed by atoms with E-state index in [9.17, 15) is 4.79 Å². The van der Waals surface area contributed by atoms with E-state index in [0.717, 1.165) is 11.3 Å². The van der Waals surface area contributed by atoms with E-state index in [1.54, 1.807) is 26.2 Å². The van der Waals surface area contributed by atoms with Crippen LogP contribution >= 0.6 is 23.2 Å². The van der Waals surface area contributed by atoms with Crippen molar-refractivity contribution in [1.29, 1.82) is 0 Å². The van der Waals surface area contributed by atoms with E-state index in [1.165, 1.54) is 6.07 Å². The minimum Gasteiger partial charge on any atom is -0.497 e. The van der Waals surface area contributed by atoms with Gasteiger partial charge in [0.15, 0.2) is 0 Å². The van der Waals surface area contributed by atoms with Gasteiger partial charge in [-0.1, -0.05) is 35.3 Å². The van der Waals surface area contributed by atoms with Crippen LogP contribution in [-0.4, -0.2) is 18.7 Å². The van der Waals surface area contributed by atoms with Crippen LogP contribution in [0.1, 0.15) is 22.8 Å². The molecule has 2 rings (SSSR count). The Balaban J connectivity index is 2.14. The number of halogens is 2. The molecule has 0 aliphatic heterocycles. The average Bonchev–Trinajstić information content (AvgIpc) is 2.52. The third-order valence-corrected chi connectivity index (χ3v) is 3.54. The number of methoxy groups -OCH3 is 1. The van der Waals surface area contributed by atoms with Crippen LogP contribution in [0.2, 0.25) is 10.0 Å². The second kappa shape index (κ2) is 7.29. The number of nitrogens with zero attached hydrogens (tertiary/aromatic N) is 1. The number of carbonyl (C=O) groups excluding carboxylic acids is 1. The summed E-state index contributed by atoms with van der Waals surface area (Å²) in [7, 11) is 1.59. The zero-order valence-electron chi connectivity index (χ0n) is 12.1. The summed E-state index contributed by atoms with van der Waals surface area (Å²) in [6.45, 7) is 1.79. The number of carbonyl (C=O) groups is 1. The van der Waals surface area contributed by atoms with Crippen molar-refractivity contribution in [2.24, 2.45) is 5.10 Å². The number of ether oxygens (including phenoxy) is 1. The van der Waals surface area contributed by atoms with Gasteiger partial charge in [0.25, 0.3) is 5.91 Å². The molecule has 0 aromatic heterocycles. The lowest BCUT2D eigenvalue weighted by molar-refractivity contribution is 0.0955. The average molecular weight is 337 g/mol. The van der Waals surface area contributed by atoms with Gasteiger partial charge >= 0.3 is 0 Å². The lowest BCUT2D eigenvalue weighted by Crippen LogP contribution is -2.19. The number of hydrazone groups is 1. The van der Waals surface area contributed by atoms with Crippen LogP contribution < -0.4 is 10.2 Å². The highest BCUT2D eigenvalue weighted by molar-refractivity contribution is 6.36. The molecule has 0 fully saturated rings. The van der Waals surface area contributed by atoms with Crippen molar-refractivity contribution < 1.29 is 9.53 Å². The van der Waals surface area contributed by atoms with Gasteiger partial charge in [0.1, 0.15) is 5.75 Å². The second-order valence-corrected chi connectivity index (χ2v) is 5.34. The molecule has 0 saturated heterocycles. The van der Waals surface area contributed by atoms with Gasteiger partial charge in [-0.3, -0.25) is 4.79 Å². The predicted molar refractivity (Wildman–Crippen MR) is 89.1 cm³/mol. The largest absolute Gasteiger partial charge is 0.497 e. The Bertz CT molecular complexity index is 730. The van der Waals surface area contributed by atoms with Gasteiger partial charge in [-0.05, 0) is 37.3 Å². The van der Waals surface area contributed by atoms with Crippen molar-refractivity contribution in [3.05, 3.63) is 63.6 Å². The Morgan fingerprint density at radius 1 is 1.18 bits per heavy atom. The first-order valence-corrected chi connectivity index (χ1v) is 7.21. The molecule has 1 amide bonds. The lowest BCUT2D eigenvalue weighted by Gasteiger charge is -2.06. The highest BCUT2D eigenvalue weighted by Gasteiger charge is 2.10. The highest BCUT2D eigenvalue weighted by Crippen LogP contribution is 2.20. The van der Waals surface area contributed by atoms with E-state index >= 15 is 0 Å². The molecule has 0 radical (unpaired) electrons. The molecule has 0 saturated carbocycles. The molecule has 0 aliphatic carbocycles. The van der Waals surface area contributed by atoms with Gasteiger partial charge < -0.3 is 4.74 Å². The summed E-state index contributed by atoms with van der Waals surface area (Å²) in [6, 6.07) is 12.1. The fourth-order valence-electron chi connectivity index (χ4n) is 1.78. The third-order valence-electron chi connectivity index (χ3n) is 2.99. The summed E-state index contributed by atoms with van der Waals surface area (Å²) in [6.07, 6.45) is 0. The lowest BCUT2D eigenvalue weighted by atomic mass is 10.1. The van der Waals surface area contributed by atoms with E-state index in [1.807, 2.05) is 24.3 Å². The number of rotatable bonds is 4. The maximum absolute atomic E-state index is 12.1. The van der Waals surface area contributed by atoms with Crippen molar-refractivity contribution in [3.63, 3.8) is 0 Å². The Labute approximate surface area is 138 Å². The molecule has 4 nitrogen and oxygen atoms in total. The zero-order valence-corrected chi connectivity index (χ0v) is 13.6. The summed E-state index contributed by atoms with van der Waals surface area (Å²) < 4.78 is 5.15. The van der Waals surface area contributed by atoms with E-state index in [4.69, 9.17) is 27.9 Å². The summed E-state index contributed by atoms with van der Waals surface area (Å²) in [5.41, 5.74) is 4.29. The van der Waals surface area contributed by atoms with Crippen molar-refractivity contribution in [3.8, 4) is 5.75 Å². The monoisotopic (exact) mass is 336 g/mol. The zero-order chi connectivity index (χ0) is 16.1. The Morgan fingerprint density at radius 2 is 1.95 bits per heavy atom. The van der Waals surface area contributed by atoms with Gasteiger partial charge in [-0.25, -0.2) is 5.43 Å². The minimum atomic E-state index is -0.399. The Kier molecular flexibility index (Phi) is 5.41. The van der Waals surface area contributed by atoms with Crippen LogP contribution in [0.25, 0.3) is 0 Å². The third kappa shape index (κ3) is 4.00. The molecule has 0 bridgehead atoms. The first kappa shape index (κ1) is 16.3. The van der Waals surface area contributed by atoms with Crippen LogP contribution in [0.4, 0.5) is 0 Å². The molecule has 114 valence electrons. The van der Waals surface area contributed by atoms with Gasteiger partial charge in [0.05, 0.1) is 23.4 Å².